The molecule has 4 heteroatoms. The van der Waals surface area contributed by atoms with Crippen LogP contribution in [0, 0.1) is 18.7 Å². The van der Waals surface area contributed by atoms with E-state index < -0.39 is 5.97 Å². The summed E-state index contributed by atoms with van der Waals surface area (Å²) in [6.45, 7) is 1.90. The molecule has 1 aromatic carbocycles. The molecule has 0 heterocycles. The van der Waals surface area contributed by atoms with Gasteiger partial charge in [-0.1, -0.05) is 6.07 Å². The lowest BCUT2D eigenvalue weighted by atomic mass is 9.88. The van der Waals surface area contributed by atoms with Gasteiger partial charge >= 0.3 is 5.97 Å². The van der Waals surface area contributed by atoms with E-state index >= 15 is 0 Å². The molecule has 92 valence electrons. The van der Waals surface area contributed by atoms with Crippen LogP contribution in [0.1, 0.15) is 36.3 Å². The summed E-state index contributed by atoms with van der Waals surface area (Å²) in [6, 6.07) is 3.13. The lowest BCUT2D eigenvalue weighted by Gasteiger charge is -2.19. The fourth-order valence-corrected chi connectivity index (χ4v) is 3.05. The van der Waals surface area contributed by atoms with Crippen molar-refractivity contribution in [2.24, 2.45) is 5.92 Å². The summed E-state index contributed by atoms with van der Waals surface area (Å²) in [5, 5.41) is 8.96. The van der Waals surface area contributed by atoms with Crippen LogP contribution in [-0.2, 0) is 4.79 Å². The molecule has 2 rings (SSSR count). The summed E-state index contributed by atoms with van der Waals surface area (Å²) in [4.78, 5) is 10.9. The van der Waals surface area contributed by atoms with E-state index in [1.165, 1.54) is 6.07 Å². The van der Waals surface area contributed by atoms with Gasteiger partial charge in [0.1, 0.15) is 5.82 Å². The lowest BCUT2D eigenvalue weighted by molar-refractivity contribution is -0.137. The minimum Gasteiger partial charge on any atom is -0.481 e. The molecular formula is C13H14BrFO2. The summed E-state index contributed by atoms with van der Waals surface area (Å²) >= 11 is 3.25. The molecule has 1 saturated carbocycles. The van der Waals surface area contributed by atoms with Crippen molar-refractivity contribution in [3.05, 3.63) is 33.5 Å². The zero-order valence-corrected chi connectivity index (χ0v) is 11.1. The second kappa shape index (κ2) is 4.77. The number of aryl methyl sites for hydroxylation is 1. The van der Waals surface area contributed by atoms with Crippen LogP contribution in [0.5, 0.6) is 0 Å². The first-order valence-electron chi connectivity index (χ1n) is 5.67. The smallest absolute Gasteiger partial charge is 0.303 e. The van der Waals surface area contributed by atoms with Crippen LogP contribution < -0.4 is 0 Å². The molecule has 0 aliphatic heterocycles. The highest BCUT2D eigenvalue weighted by Crippen LogP contribution is 2.47. The van der Waals surface area contributed by atoms with Crippen LogP contribution in [0.2, 0.25) is 0 Å². The molecule has 1 atom stereocenters. The number of aliphatic carboxylic acids is 1. The predicted octanol–water partition coefficient (Wildman–Crippen LogP) is 3.86. The maximum Gasteiger partial charge on any atom is 0.303 e. The third kappa shape index (κ3) is 2.68. The number of hydrogen-bond acceptors (Lipinski definition) is 1. The number of benzene rings is 1. The van der Waals surface area contributed by atoms with Gasteiger partial charge in [0, 0.05) is 0 Å². The predicted molar refractivity (Wildman–Crippen MR) is 66.6 cm³/mol. The number of hydrogen-bond donors (Lipinski definition) is 1. The van der Waals surface area contributed by atoms with Crippen LogP contribution >= 0.6 is 15.9 Å². The second-order valence-corrected chi connectivity index (χ2v) is 5.43. The van der Waals surface area contributed by atoms with Crippen molar-refractivity contribution in [2.45, 2.75) is 32.1 Å². The van der Waals surface area contributed by atoms with Gasteiger partial charge in [-0.2, -0.15) is 0 Å². The van der Waals surface area contributed by atoms with Crippen LogP contribution in [0.25, 0.3) is 0 Å². The molecule has 0 aromatic heterocycles. The Balaban J connectivity index is 2.41. The first-order valence-corrected chi connectivity index (χ1v) is 6.46. The summed E-state index contributed by atoms with van der Waals surface area (Å²) in [5.41, 5.74) is 1.78. The number of carboxylic acid groups (broad SMARTS) is 1. The molecule has 0 bridgehead atoms. The van der Waals surface area contributed by atoms with Crippen molar-refractivity contribution in [1.82, 2.24) is 0 Å². The summed E-state index contributed by atoms with van der Waals surface area (Å²) in [7, 11) is 0. The van der Waals surface area contributed by atoms with Crippen molar-refractivity contribution >= 4 is 21.9 Å². The average molecular weight is 301 g/mol. The molecule has 1 fully saturated rings. The van der Waals surface area contributed by atoms with Gasteiger partial charge in [-0.25, -0.2) is 4.39 Å². The van der Waals surface area contributed by atoms with Crippen LogP contribution in [0.3, 0.4) is 0 Å². The zero-order chi connectivity index (χ0) is 12.6. The van der Waals surface area contributed by atoms with Crippen molar-refractivity contribution in [1.29, 1.82) is 0 Å². The van der Waals surface area contributed by atoms with Gasteiger partial charge in [0.2, 0.25) is 0 Å². The molecule has 0 radical (unpaired) electrons. The average Bonchev–Trinajstić information content (AvgIpc) is 3.06. The second-order valence-electron chi connectivity index (χ2n) is 4.63. The van der Waals surface area contributed by atoms with Crippen LogP contribution in [-0.4, -0.2) is 11.1 Å². The van der Waals surface area contributed by atoms with Gasteiger partial charge in [0.15, 0.2) is 0 Å². The normalized spacial score (nSPS) is 16.9. The largest absolute Gasteiger partial charge is 0.481 e. The minimum atomic E-state index is -0.822. The molecule has 17 heavy (non-hydrogen) atoms. The van der Waals surface area contributed by atoms with Gasteiger partial charge in [-0.05, 0) is 64.7 Å². The van der Waals surface area contributed by atoms with E-state index in [4.69, 9.17) is 5.11 Å². The molecule has 1 unspecified atom stereocenters. The Morgan fingerprint density at radius 3 is 2.76 bits per heavy atom. The third-order valence-electron chi connectivity index (χ3n) is 3.31. The maximum atomic E-state index is 13.5. The van der Waals surface area contributed by atoms with E-state index in [2.05, 4.69) is 15.9 Å². The highest BCUT2D eigenvalue weighted by Gasteiger charge is 2.36. The fourth-order valence-electron chi connectivity index (χ4n) is 2.31. The first kappa shape index (κ1) is 12.6. The monoisotopic (exact) mass is 300 g/mol. The molecule has 1 aromatic rings. The van der Waals surface area contributed by atoms with E-state index in [0.29, 0.717) is 10.4 Å². The number of carbonyl (C=O) groups is 1. The van der Waals surface area contributed by atoms with Crippen LogP contribution in [0.15, 0.2) is 16.6 Å². The lowest BCUT2D eigenvalue weighted by Crippen LogP contribution is -2.11. The molecule has 0 saturated heterocycles. The van der Waals surface area contributed by atoms with Gasteiger partial charge in [0.25, 0.3) is 0 Å². The highest BCUT2D eigenvalue weighted by molar-refractivity contribution is 9.10. The fraction of sp³-hybridized carbons (Fsp3) is 0.462. The van der Waals surface area contributed by atoms with E-state index in [1.54, 1.807) is 6.07 Å². The molecule has 1 N–H and O–H groups in total. The number of halogens is 2. The summed E-state index contributed by atoms with van der Waals surface area (Å²) < 4.78 is 14.0. The Labute approximate surface area is 108 Å². The Bertz CT molecular complexity index is 455. The maximum absolute atomic E-state index is 13.5. The van der Waals surface area contributed by atoms with Gasteiger partial charge in [-0.3, -0.25) is 4.79 Å². The molecule has 0 amide bonds. The Morgan fingerprint density at radius 1 is 1.59 bits per heavy atom. The van der Waals surface area contributed by atoms with E-state index in [9.17, 15) is 9.18 Å². The van der Waals surface area contributed by atoms with Gasteiger partial charge < -0.3 is 5.11 Å². The summed E-state index contributed by atoms with van der Waals surface area (Å²) in [6.07, 6.45) is 2.16. The highest BCUT2D eigenvalue weighted by atomic mass is 79.9. The minimum absolute atomic E-state index is 0.0717. The Morgan fingerprint density at radius 2 is 2.24 bits per heavy atom. The molecular weight excluding hydrogens is 287 g/mol. The Hall–Kier alpha value is -0.900. The molecule has 1 aliphatic carbocycles. The quantitative estimate of drug-likeness (QED) is 0.916. The SMILES string of the molecule is Cc1ccc(F)c(Br)c1C(CC(=O)O)C1CC1. The standard InChI is InChI=1S/C13H14BrFO2/c1-7-2-5-10(15)13(14)12(7)9(6-11(16)17)8-3-4-8/h2,5,8-9H,3-4,6H2,1H3,(H,16,17). The molecule has 0 spiro atoms. The Kier molecular flexibility index (Phi) is 3.52. The van der Waals surface area contributed by atoms with E-state index in [-0.39, 0.29) is 18.2 Å². The van der Waals surface area contributed by atoms with Gasteiger partial charge in [0.05, 0.1) is 10.9 Å². The summed E-state index contributed by atoms with van der Waals surface area (Å²) in [5.74, 6) is -0.820. The van der Waals surface area contributed by atoms with Crippen molar-refractivity contribution in [3.8, 4) is 0 Å². The number of carboxylic acids is 1. The van der Waals surface area contributed by atoms with Crippen molar-refractivity contribution < 1.29 is 14.3 Å². The first-order chi connectivity index (χ1) is 8.00. The van der Waals surface area contributed by atoms with Crippen molar-refractivity contribution in [2.75, 3.05) is 0 Å². The molecule has 2 nitrogen and oxygen atoms in total. The van der Waals surface area contributed by atoms with E-state index in [0.717, 1.165) is 24.0 Å². The zero-order valence-electron chi connectivity index (χ0n) is 9.54. The molecule has 1 aliphatic rings. The van der Waals surface area contributed by atoms with Crippen molar-refractivity contribution in [3.63, 3.8) is 0 Å². The third-order valence-corrected chi connectivity index (χ3v) is 4.11. The topological polar surface area (TPSA) is 37.3 Å². The van der Waals surface area contributed by atoms with Gasteiger partial charge in [-0.15, -0.1) is 0 Å². The number of rotatable bonds is 4. The van der Waals surface area contributed by atoms with Crippen LogP contribution in [0.4, 0.5) is 4.39 Å². The van der Waals surface area contributed by atoms with E-state index in [1.807, 2.05) is 6.92 Å².